The third kappa shape index (κ3) is 8.60. The molecule has 4 amide bonds. The highest BCUT2D eigenvalue weighted by atomic mass is 35.5. The lowest BCUT2D eigenvalue weighted by Gasteiger charge is -2.38. The van der Waals surface area contributed by atoms with Crippen molar-refractivity contribution >= 4 is 46.7 Å². The van der Waals surface area contributed by atoms with Crippen LogP contribution in [0.25, 0.3) is 4.85 Å². The van der Waals surface area contributed by atoms with Gasteiger partial charge in [0.2, 0.25) is 17.5 Å². The van der Waals surface area contributed by atoms with E-state index < -0.39 is 23.7 Å². The van der Waals surface area contributed by atoms with Gasteiger partial charge in [0.25, 0.3) is 11.8 Å². The molecule has 0 spiro atoms. The fourth-order valence-electron chi connectivity index (χ4n) is 9.12. The SMILES string of the molecule is [C-]#[N+]c1ccc(OC2CCC(NC(=O)c3ccc(N4CCC(CN5CCC(c6cc(F)c7c(c6)CN(C6CCC(=O)NC6=O)C7=O)CC5)CC4)nn3)CC2)cc1Cl. The molecule has 2 N–H and O–H groups in total. The first-order valence-corrected chi connectivity index (χ1v) is 20.4. The van der Waals surface area contributed by atoms with Crippen LogP contribution in [-0.4, -0.2) is 94.5 Å². The number of anilines is 1. The average molecular weight is 797 g/mol. The Morgan fingerprint density at radius 3 is 2.40 bits per heavy atom. The maximum Gasteiger partial charge on any atom is 0.272 e. The van der Waals surface area contributed by atoms with Gasteiger partial charge in [-0.05, 0) is 124 Å². The number of nitrogens with zero attached hydrogens (tertiary/aromatic N) is 6. The van der Waals surface area contributed by atoms with Crippen LogP contribution in [0.1, 0.15) is 102 Å². The number of hydrogen-bond donors (Lipinski definition) is 2. The molecule has 1 aromatic heterocycles. The summed E-state index contributed by atoms with van der Waals surface area (Å²) < 4.78 is 21.5. The maximum absolute atomic E-state index is 15.4. The normalized spacial score (nSPS) is 23.5. The number of nitrogens with one attached hydrogen (secondary N) is 2. The first-order valence-electron chi connectivity index (χ1n) is 20.0. The van der Waals surface area contributed by atoms with Crippen molar-refractivity contribution in [2.45, 2.75) is 94.9 Å². The number of benzene rings is 2. The van der Waals surface area contributed by atoms with Crippen LogP contribution >= 0.6 is 11.6 Å². The Morgan fingerprint density at radius 2 is 1.72 bits per heavy atom. The molecule has 57 heavy (non-hydrogen) atoms. The number of carbonyl (C=O) groups excluding carboxylic acids is 4. The Labute approximate surface area is 336 Å². The predicted octanol–water partition coefficient (Wildman–Crippen LogP) is 5.80. The lowest BCUT2D eigenvalue weighted by molar-refractivity contribution is -0.136. The largest absolute Gasteiger partial charge is 0.490 e. The molecule has 5 heterocycles. The number of carbonyl (C=O) groups is 4. The Kier molecular flexibility index (Phi) is 11.4. The van der Waals surface area contributed by atoms with Gasteiger partial charge in [0.1, 0.15) is 17.6 Å². The molecule has 13 nitrogen and oxygen atoms in total. The molecule has 0 bridgehead atoms. The molecule has 5 aliphatic rings. The molecule has 0 radical (unpaired) electrons. The third-order valence-corrected chi connectivity index (χ3v) is 12.6. The summed E-state index contributed by atoms with van der Waals surface area (Å²) in [5.74, 6) is 0.0861. The summed E-state index contributed by atoms with van der Waals surface area (Å²) in [6.45, 7) is 11.9. The molecule has 3 saturated heterocycles. The molecular weight excluding hydrogens is 751 g/mol. The van der Waals surface area contributed by atoms with Crippen molar-refractivity contribution in [1.29, 1.82) is 0 Å². The van der Waals surface area contributed by atoms with E-state index in [2.05, 4.69) is 35.5 Å². The quantitative estimate of drug-likeness (QED) is 0.203. The van der Waals surface area contributed by atoms with Gasteiger partial charge in [-0.2, -0.15) is 0 Å². The Hall–Kier alpha value is -5.13. The second kappa shape index (κ2) is 16.8. The Balaban J connectivity index is 0.753. The fraction of sp³-hybridized carbons (Fsp3) is 0.500. The number of rotatable bonds is 9. The minimum Gasteiger partial charge on any atom is -0.490 e. The molecule has 8 rings (SSSR count). The zero-order valence-corrected chi connectivity index (χ0v) is 32.5. The number of hydrogen-bond acceptors (Lipinski definition) is 9. The lowest BCUT2D eigenvalue weighted by Crippen LogP contribution is -2.52. The van der Waals surface area contributed by atoms with E-state index in [9.17, 15) is 19.2 Å². The zero-order chi connectivity index (χ0) is 39.6. The Bertz CT molecular complexity index is 2070. The number of piperidine rings is 3. The minimum absolute atomic E-state index is 0.0238. The summed E-state index contributed by atoms with van der Waals surface area (Å²) in [6.07, 6.45) is 7.47. The first-order chi connectivity index (χ1) is 27.6. The second-order valence-corrected chi connectivity index (χ2v) is 16.4. The molecule has 15 heteroatoms. The van der Waals surface area contributed by atoms with Crippen molar-refractivity contribution < 1.29 is 28.3 Å². The van der Waals surface area contributed by atoms with Gasteiger partial charge in [0.05, 0.1) is 23.3 Å². The highest BCUT2D eigenvalue weighted by Crippen LogP contribution is 2.36. The van der Waals surface area contributed by atoms with Crippen molar-refractivity contribution in [3.05, 3.63) is 87.1 Å². The van der Waals surface area contributed by atoms with Crippen LogP contribution in [0.2, 0.25) is 5.02 Å². The van der Waals surface area contributed by atoms with Gasteiger partial charge in [-0.25, -0.2) is 9.24 Å². The van der Waals surface area contributed by atoms with Crippen molar-refractivity contribution in [2.75, 3.05) is 37.6 Å². The second-order valence-electron chi connectivity index (χ2n) is 16.0. The van der Waals surface area contributed by atoms with E-state index in [0.717, 1.165) is 95.5 Å². The predicted molar refractivity (Wildman–Crippen MR) is 210 cm³/mol. The van der Waals surface area contributed by atoms with Gasteiger partial charge < -0.3 is 24.8 Å². The van der Waals surface area contributed by atoms with Crippen molar-refractivity contribution in [2.24, 2.45) is 5.92 Å². The van der Waals surface area contributed by atoms with Gasteiger partial charge in [-0.15, -0.1) is 10.2 Å². The number of amides is 4. The number of aromatic nitrogens is 2. The molecule has 298 valence electrons. The maximum atomic E-state index is 15.4. The van der Waals surface area contributed by atoms with Gasteiger partial charge >= 0.3 is 0 Å². The zero-order valence-electron chi connectivity index (χ0n) is 31.7. The van der Waals surface area contributed by atoms with E-state index >= 15 is 4.39 Å². The number of imide groups is 1. The molecular formula is C42H46ClFN8O5. The first kappa shape index (κ1) is 38.7. The smallest absolute Gasteiger partial charge is 0.272 e. The monoisotopic (exact) mass is 796 g/mol. The van der Waals surface area contributed by atoms with Crippen LogP contribution in [0.15, 0.2) is 42.5 Å². The van der Waals surface area contributed by atoms with Crippen LogP contribution in [0.4, 0.5) is 15.9 Å². The Morgan fingerprint density at radius 1 is 0.947 bits per heavy atom. The lowest BCUT2D eigenvalue weighted by atomic mass is 9.87. The number of fused-ring (bicyclic) bond motifs is 1. The van der Waals surface area contributed by atoms with Crippen LogP contribution in [0.5, 0.6) is 5.75 Å². The summed E-state index contributed by atoms with van der Waals surface area (Å²) in [6, 6.07) is 11.5. The highest BCUT2D eigenvalue weighted by molar-refractivity contribution is 6.33. The molecule has 4 fully saturated rings. The molecule has 2 aromatic carbocycles. The van der Waals surface area contributed by atoms with E-state index in [-0.39, 0.29) is 54.8 Å². The standard InChI is InChI=1S/C42H46ClFN8O5/c1-45-34-7-6-31(22-32(34)43)57-30-4-2-29(3-5-30)46-40(54)35-8-10-37(49-48-35)51-18-12-25(13-19-51)23-50-16-14-26(15-17-50)27-20-28-24-52(42(56)39(28)33(44)21-27)36-9-11-38(53)47-41(36)55/h6-8,10,20-22,25-26,29-30,36H,2-5,9,11-19,23-24H2,(H,46,54)(H,47,53,55). The molecule has 1 atom stereocenters. The van der Waals surface area contributed by atoms with E-state index in [1.165, 1.54) is 11.0 Å². The third-order valence-electron chi connectivity index (χ3n) is 12.3. The van der Waals surface area contributed by atoms with Crippen molar-refractivity contribution in [3.63, 3.8) is 0 Å². The van der Waals surface area contributed by atoms with Crippen LogP contribution in [-0.2, 0) is 16.1 Å². The van der Waals surface area contributed by atoms with Gasteiger partial charge in [0, 0.05) is 38.6 Å². The van der Waals surface area contributed by atoms with Crippen molar-refractivity contribution in [3.8, 4) is 5.75 Å². The summed E-state index contributed by atoms with van der Waals surface area (Å²) >= 11 is 6.15. The van der Waals surface area contributed by atoms with E-state index in [4.69, 9.17) is 22.9 Å². The fourth-order valence-corrected chi connectivity index (χ4v) is 9.33. The number of halogens is 2. The molecule has 3 aromatic rings. The molecule has 1 aliphatic carbocycles. The van der Waals surface area contributed by atoms with Gasteiger partial charge in [0.15, 0.2) is 11.5 Å². The van der Waals surface area contributed by atoms with Gasteiger partial charge in [-0.3, -0.25) is 24.5 Å². The van der Waals surface area contributed by atoms with Crippen molar-refractivity contribution in [1.82, 2.24) is 30.6 Å². The summed E-state index contributed by atoms with van der Waals surface area (Å²) in [4.78, 5) is 59.7. The summed E-state index contributed by atoms with van der Waals surface area (Å²) in [7, 11) is 0. The summed E-state index contributed by atoms with van der Waals surface area (Å²) in [5.41, 5.74) is 2.27. The van der Waals surface area contributed by atoms with Gasteiger partial charge in [-0.1, -0.05) is 23.7 Å². The van der Waals surface area contributed by atoms with Crippen LogP contribution < -0.4 is 20.3 Å². The minimum atomic E-state index is -0.762. The van der Waals surface area contributed by atoms with E-state index in [1.54, 1.807) is 24.3 Å². The van der Waals surface area contributed by atoms with E-state index in [1.807, 2.05) is 12.1 Å². The number of likely N-dealkylation sites (tertiary alicyclic amines) is 1. The average Bonchev–Trinajstić information content (AvgIpc) is 3.55. The highest BCUT2D eigenvalue weighted by Gasteiger charge is 2.41. The topological polar surface area (TPSA) is 141 Å². The summed E-state index contributed by atoms with van der Waals surface area (Å²) in [5, 5.41) is 14.5. The molecule has 1 saturated carbocycles. The molecule has 4 aliphatic heterocycles. The van der Waals surface area contributed by atoms with E-state index in [0.29, 0.717) is 33.6 Å². The molecule has 1 unspecified atom stereocenters. The van der Waals surface area contributed by atoms with Crippen LogP contribution in [0, 0.1) is 18.3 Å². The number of ether oxygens (including phenoxy) is 1. The van der Waals surface area contributed by atoms with Crippen LogP contribution in [0.3, 0.4) is 0 Å².